The lowest BCUT2D eigenvalue weighted by atomic mass is 10.1. The molecule has 158 valence electrons. The average Bonchev–Trinajstić information content (AvgIpc) is 2.68. The van der Waals surface area contributed by atoms with Crippen LogP contribution in [0, 0.1) is 5.92 Å². The lowest BCUT2D eigenvalue weighted by Crippen LogP contribution is -2.50. The first-order valence-corrected chi connectivity index (χ1v) is 10.4. The summed E-state index contributed by atoms with van der Waals surface area (Å²) < 4.78 is 5.21. The van der Waals surface area contributed by atoms with Gasteiger partial charge in [0.2, 0.25) is 5.91 Å². The number of likely N-dealkylation sites (N-methyl/N-ethyl adjacent to an activating group) is 1. The number of carbonyl (C=O) groups is 1. The van der Waals surface area contributed by atoms with Gasteiger partial charge in [0.25, 0.3) is 0 Å². The second-order valence-electron chi connectivity index (χ2n) is 7.23. The second-order valence-corrected chi connectivity index (χ2v) is 8.58. The Balaban J connectivity index is 0.00000392. The number of methoxy groups -OCH3 is 1. The Kier molecular flexibility index (Phi) is 11.0. The topological polar surface area (TPSA) is 57.2 Å². The monoisotopic (exact) mass is 520 g/mol. The molecule has 0 aliphatic carbocycles. The predicted octanol–water partition coefficient (Wildman–Crippen LogP) is 2.92. The summed E-state index contributed by atoms with van der Waals surface area (Å²) in [7, 11) is 5.20. The molecule has 1 aromatic rings. The molecule has 1 aliphatic heterocycles. The zero-order valence-electron chi connectivity index (χ0n) is 17.5. The van der Waals surface area contributed by atoms with Gasteiger partial charge in [0, 0.05) is 38.2 Å². The fraction of sp³-hybridized carbons (Fsp3) is 0.600. The van der Waals surface area contributed by atoms with Crippen LogP contribution in [0.1, 0.15) is 19.4 Å². The maximum atomic E-state index is 12.0. The minimum Gasteiger partial charge on any atom is -0.497 e. The first-order valence-electron chi connectivity index (χ1n) is 9.38. The number of rotatable bonds is 6. The van der Waals surface area contributed by atoms with Crippen molar-refractivity contribution in [3.8, 4) is 5.75 Å². The second kappa shape index (κ2) is 12.4. The highest BCUT2D eigenvalue weighted by atomic mass is 127. The summed E-state index contributed by atoms with van der Waals surface area (Å²) in [5, 5.41) is 3.85. The summed E-state index contributed by atoms with van der Waals surface area (Å²) in [6.07, 6.45) is 0. The summed E-state index contributed by atoms with van der Waals surface area (Å²) in [4.78, 5) is 20.7. The highest BCUT2D eigenvalue weighted by Crippen LogP contribution is 2.25. The number of halogens is 1. The van der Waals surface area contributed by atoms with Gasteiger partial charge in [0.1, 0.15) is 5.75 Å². The molecule has 28 heavy (non-hydrogen) atoms. The van der Waals surface area contributed by atoms with Gasteiger partial charge in [-0.25, -0.2) is 4.99 Å². The number of nitrogens with one attached hydrogen (secondary N) is 1. The Bertz CT molecular complexity index is 638. The van der Waals surface area contributed by atoms with Crippen molar-refractivity contribution < 1.29 is 9.53 Å². The van der Waals surface area contributed by atoms with Crippen LogP contribution in [0.15, 0.2) is 29.3 Å². The van der Waals surface area contributed by atoms with Gasteiger partial charge in [-0.15, -0.1) is 24.0 Å². The molecule has 8 heteroatoms. The molecule has 2 rings (SSSR count). The third-order valence-electron chi connectivity index (χ3n) is 4.60. The number of carbonyl (C=O) groups excluding carboxylic acids is 1. The molecule has 1 saturated heterocycles. The van der Waals surface area contributed by atoms with Crippen LogP contribution in [0.3, 0.4) is 0 Å². The van der Waals surface area contributed by atoms with Crippen molar-refractivity contribution in [1.82, 2.24) is 15.1 Å². The molecule has 1 fully saturated rings. The van der Waals surface area contributed by atoms with E-state index in [1.807, 2.05) is 36.0 Å². The molecule has 0 bridgehead atoms. The van der Waals surface area contributed by atoms with Crippen molar-refractivity contribution in [2.24, 2.45) is 10.9 Å². The van der Waals surface area contributed by atoms with Gasteiger partial charge in [-0.2, -0.15) is 11.8 Å². The fourth-order valence-corrected chi connectivity index (χ4v) is 4.05. The lowest BCUT2D eigenvalue weighted by molar-refractivity contribution is -0.127. The molecule has 0 radical (unpaired) electrons. The first-order chi connectivity index (χ1) is 12.9. The lowest BCUT2D eigenvalue weighted by Gasteiger charge is -2.36. The van der Waals surface area contributed by atoms with Gasteiger partial charge >= 0.3 is 0 Å². The average molecular weight is 520 g/mol. The minimum atomic E-state index is 0. The zero-order chi connectivity index (χ0) is 19.8. The van der Waals surface area contributed by atoms with Gasteiger partial charge in [0.05, 0.1) is 20.2 Å². The summed E-state index contributed by atoms with van der Waals surface area (Å²) in [6, 6.07) is 7.93. The van der Waals surface area contributed by atoms with Gasteiger partial charge in [-0.3, -0.25) is 4.79 Å². The molecule has 1 N–H and O–H groups in total. The van der Waals surface area contributed by atoms with Crippen LogP contribution in [0.4, 0.5) is 0 Å². The number of benzene rings is 1. The van der Waals surface area contributed by atoms with E-state index in [2.05, 4.69) is 24.1 Å². The van der Waals surface area contributed by atoms with Crippen molar-refractivity contribution in [3.05, 3.63) is 29.8 Å². The number of thioether (sulfide) groups is 1. The van der Waals surface area contributed by atoms with Crippen LogP contribution in [0.25, 0.3) is 0 Å². The van der Waals surface area contributed by atoms with E-state index in [1.54, 1.807) is 26.1 Å². The zero-order valence-corrected chi connectivity index (χ0v) is 20.6. The fourth-order valence-electron chi connectivity index (χ4n) is 2.75. The van der Waals surface area contributed by atoms with Crippen molar-refractivity contribution in [2.75, 3.05) is 46.6 Å². The Morgan fingerprint density at radius 1 is 1.36 bits per heavy atom. The van der Waals surface area contributed by atoms with Crippen LogP contribution in [-0.4, -0.2) is 73.5 Å². The van der Waals surface area contributed by atoms with E-state index < -0.39 is 0 Å². The van der Waals surface area contributed by atoms with Crippen LogP contribution in [0.2, 0.25) is 0 Å². The Labute approximate surface area is 190 Å². The summed E-state index contributed by atoms with van der Waals surface area (Å²) in [5.74, 6) is 3.38. The van der Waals surface area contributed by atoms with E-state index >= 15 is 0 Å². The van der Waals surface area contributed by atoms with Gasteiger partial charge in [-0.05, 0) is 23.6 Å². The van der Waals surface area contributed by atoms with E-state index in [-0.39, 0.29) is 36.4 Å². The molecule has 1 unspecified atom stereocenters. The van der Waals surface area contributed by atoms with Crippen molar-refractivity contribution in [2.45, 2.75) is 25.6 Å². The highest BCUT2D eigenvalue weighted by Gasteiger charge is 2.25. The molecule has 1 amide bonds. The number of ether oxygens (including phenoxy) is 1. The SMILES string of the molecule is COc1ccc(CN=C(NCC(=O)N(C)C)N2CCSC(C(C)C)C2)cc1.I. The quantitative estimate of drug-likeness (QED) is 0.355. The molecule has 1 aliphatic rings. The molecule has 1 heterocycles. The normalized spacial score (nSPS) is 17.1. The van der Waals surface area contributed by atoms with E-state index in [0.29, 0.717) is 17.7 Å². The van der Waals surface area contributed by atoms with E-state index in [0.717, 1.165) is 36.1 Å². The van der Waals surface area contributed by atoms with E-state index in [4.69, 9.17) is 9.73 Å². The number of amides is 1. The number of hydrogen-bond acceptors (Lipinski definition) is 4. The Morgan fingerprint density at radius 3 is 2.61 bits per heavy atom. The third kappa shape index (κ3) is 7.69. The minimum absolute atomic E-state index is 0. The van der Waals surface area contributed by atoms with Crippen molar-refractivity contribution in [1.29, 1.82) is 0 Å². The smallest absolute Gasteiger partial charge is 0.241 e. The standard InChI is InChI=1S/C20H32N4O2S.HI/c1-15(2)18-14-24(10-11-27-18)20(22-13-19(25)23(3)4)21-12-16-6-8-17(26-5)9-7-16;/h6-9,15,18H,10-14H2,1-5H3,(H,21,22);1H. The Morgan fingerprint density at radius 2 is 2.04 bits per heavy atom. The van der Waals surface area contributed by atoms with Gasteiger partial charge in [-0.1, -0.05) is 26.0 Å². The molecular weight excluding hydrogens is 487 g/mol. The number of aliphatic imine (C=N–C) groups is 1. The van der Waals surface area contributed by atoms with Crippen LogP contribution >= 0.6 is 35.7 Å². The van der Waals surface area contributed by atoms with Crippen LogP contribution in [-0.2, 0) is 11.3 Å². The molecule has 1 atom stereocenters. The molecule has 0 aromatic heterocycles. The van der Waals surface area contributed by atoms with Gasteiger partial charge < -0.3 is 19.9 Å². The molecule has 1 aromatic carbocycles. The summed E-state index contributed by atoms with van der Waals surface area (Å²) >= 11 is 2.03. The summed E-state index contributed by atoms with van der Waals surface area (Å²) in [5.41, 5.74) is 1.11. The van der Waals surface area contributed by atoms with E-state index in [9.17, 15) is 4.79 Å². The Hall–Kier alpha value is -1.16. The molecule has 6 nitrogen and oxygen atoms in total. The third-order valence-corrected chi connectivity index (χ3v) is 6.14. The maximum Gasteiger partial charge on any atom is 0.241 e. The molecular formula is C20H33IN4O2S. The predicted molar refractivity (Wildman–Crippen MR) is 129 cm³/mol. The van der Waals surface area contributed by atoms with Crippen molar-refractivity contribution >= 4 is 47.6 Å². The first kappa shape index (κ1) is 24.9. The molecule has 0 saturated carbocycles. The number of nitrogens with zero attached hydrogens (tertiary/aromatic N) is 3. The van der Waals surface area contributed by atoms with E-state index in [1.165, 1.54) is 0 Å². The number of hydrogen-bond donors (Lipinski definition) is 1. The van der Waals surface area contributed by atoms with Crippen molar-refractivity contribution in [3.63, 3.8) is 0 Å². The largest absolute Gasteiger partial charge is 0.497 e. The van der Waals surface area contributed by atoms with Crippen LogP contribution < -0.4 is 10.1 Å². The highest BCUT2D eigenvalue weighted by molar-refractivity contribution is 14.0. The van der Waals surface area contributed by atoms with Gasteiger partial charge in [0.15, 0.2) is 5.96 Å². The van der Waals surface area contributed by atoms with Crippen LogP contribution in [0.5, 0.6) is 5.75 Å². The maximum absolute atomic E-state index is 12.0. The number of guanidine groups is 1. The molecule has 0 spiro atoms. The summed E-state index contributed by atoms with van der Waals surface area (Å²) in [6.45, 7) is 7.24.